The molecule has 8 bridgehead atoms. The lowest BCUT2D eigenvalue weighted by molar-refractivity contribution is 0.617. The standard InChI is InChI=1S/C32H40N4/c1-9-21-17(5)25-14-30-23(11-3)19(7)27(35-30)16-32-24(12-4)20(8)28(36-32)15-31-22(10-2)18(6)26(34-31)13-29(21)33-25/h9,13-17,21,33-36H,1,10-12H2,2-8H3. The van der Waals surface area contributed by atoms with Gasteiger partial charge in [0.05, 0.1) is 0 Å². The van der Waals surface area contributed by atoms with Crippen LogP contribution in [-0.4, -0.2) is 15.0 Å². The molecule has 4 N–H and O–H groups in total. The summed E-state index contributed by atoms with van der Waals surface area (Å²) in [6.07, 6.45) is 14.3. The number of hydrogen-bond acceptors (Lipinski definition) is 1. The summed E-state index contributed by atoms with van der Waals surface area (Å²) in [7, 11) is 0. The van der Waals surface area contributed by atoms with Crippen molar-refractivity contribution in [3.63, 3.8) is 0 Å². The quantitative estimate of drug-likeness (QED) is 0.357. The van der Waals surface area contributed by atoms with E-state index in [0.717, 1.165) is 19.3 Å². The number of nitrogens with one attached hydrogen (secondary N) is 4. The molecular weight excluding hydrogens is 440 g/mol. The first-order chi connectivity index (χ1) is 17.3. The molecule has 2 aliphatic heterocycles. The first-order valence-corrected chi connectivity index (χ1v) is 13.5. The van der Waals surface area contributed by atoms with E-state index in [1.54, 1.807) is 0 Å². The molecule has 2 atom stereocenters. The van der Waals surface area contributed by atoms with Crippen LogP contribution >= 0.6 is 0 Å². The highest BCUT2D eigenvalue weighted by molar-refractivity contribution is 5.68. The van der Waals surface area contributed by atoms with Crippen LogP contribution in [0.3, 0.4) is 0 Å². The number of H-pyrrole nitrogens is 3. The van der Waals surface area contributed by atoms with Crippen molar-refractivity contribution in [2.45, 2.75) is 67.7 Å². The summed E-state index contributed by atoms with van der Waals surface area (Å²) in [5.41, 5.74) is 15.3. The molecule has 0 spiro atoms. The molecule has 0 aliphatic carbocycles. The first kappa shape index (κ1) is 24.3. The van der Waals surface area contributed by atoms with Crippen LogP contribution in [0.15, 0.2) is 24.0 Å². The molecule has 0 amide bonds. The fraction of sp³-hybridized carbons (Fsp3) is 0.375. The minimum absolute atomic E-state index is 0.249. The van der Waals surface area contributed by atoms with Crippen molar-refractivity contribution in [3.05, 3.63) is 90.9 Å². The van der Waals surface area contributed by atoms with Crippen LogP contribution in [0, 0.1) is 32.6 Å². The van der Waals surface area contributed by atoms with E-state index in [1.807, 2.05) is 0 Å². The predicted octanol–water partition coefficient (Wildman–Crippen LogP) is 5.68. The van der Waals surface area contributed by atoms with Gasteiger partial charge in [0.1, 0.15) is 0 Å². The summed E-state index contributed by atoms with van der Waals surface area (Å²) in [4.78, 5) is 11.3. The fourth-order valence-electron chi connectivity index (χ4n) is 6.26. The molecule has 2 unspecified atom stereocenters. The lowest BCUT2D eigenvalue weighted by Crippen LogP contribution is -2.12. The summed E-state index contributed by atoms with van der Waals surface area (Å²) < 4.78 is 0. The van der Waals surface area contributed by atoms with Crippen molar-refractivity contribution in [3.8, 4) is 0 Å². The highest BCUT2D eigenvalue weighted by Crippen LogP contribution is 2.37. The Morgan fingerprint density at radius 2 is 1.19 bits per heavy atom. The molecule has 5 rings (SSSR count). The van der Waals surface area contributed by atoms with Crippen molar-refractivity contribution in [1.29, 1.82) is 0 Å². The molecule has 4 heteroatoms. The minimum Gasteiger partial charge on any atom is -0.361 e. The number of fused-ring (bicyclic) bond motifs is 8. The SMILES string of the molecule is C=CC1C2=Cc3[nH]c(c(CC)c3C)C=c3[nH]c(c(CC)c3C)=Cc3[nH]c(c(CC)c3C)C=C(N2)C1C. The Morgan fingerprint density at radius 3 is 1.78 bits per heavy atom. The molecular formula is C32H40N4. The highest BCUT2D eigenvalue weighted by Gasteiger charge is 2.31. The Morgan fingerprint density at radius 1 is 0.667 bits per heavy atom. The second kappa shape index (κ2) is 9.24. The van der Waals surface area contributed by atoms with E-state index in [4.69, 9.17) is 0 Å². The van der Waals surface area contributed by atoms with Gasteiger partial charge in [-0.25, -0.2) is 0 Å². The van der Waals surface area contributed by atoms with Crippen molar-refractivity contribution < 1.29 is 0 Å². The monoisotopic (exact) mass is 480 g/mol. The molecule has 36 heavy (non-hydrogen) atoms. The molecule has 0 aromatic carbocycles. The Kier molecular flexibility index (Phi) is 6.23. The second-order valence-electron chi connectivity index (χ2n) is 10.4. The van der Waals surface area contributed by atoms with Crippen LogP contribution < -0.4 is 16.0 Å². The van der Waals surface area contributed by atoms with Crippen LogP contribution in [-0.2, 0) is 19.3 Å². The van der Waals surface area contributed by atoms with Crippen LogP contribution in [0.2, 0.25) is 0 Å². The van der Waals surface area contributed by atoms with E-state index in [9.17, 15) is 0 Å². The highest BCUT2D eigenvalue weighted by atomic mass is 15.0. The molecule has 3 aromatic heterocycles. The van der Waals surface area contributed by atoms with Crippen molar-refractivity contribution in [2.24, 2.45) is 11.8 Å². The Hall–Kier alpha value is -3.40. The van der Waals surface area contributed by atoms with Gasteiger partial charge in [0, 0.05) is 56.7 Å². The van der Waals surface area contributed by atoms with Gasteiger partial charge in [0.2, 0.25) is 0 Å². The lowest BCUT2D eigenvalue weighted by Gasteiger charge is -2.10. The largest absolute Gasteiger partial charge is 0.361 e. The molecule has 2 aliphatic rings. The van der Waals surface area contributed by atoms with Gasteiger partial charge < -0.3 is 20.3 Å². The van der Waals surface area contributed by atoms with E-state index in [2.05, 4.69) is 106 Å². The Labute approximate surface area is 215 Å². The smallest absolute Gasteiger partial charge is 0.0441 e. The number of aromatic amines is 3. The maximum absolute atomic E-state index is 4.18. The minimum atomic E-state index is 0.249. The summed E-state index contributed by atoms with van der Waals surface area (Å²) in [5, 5.41) is 6.15. The third kappa shape index (κ3) is 3.75. The summed E-state index contributed by atoms with van der Waals surface area (Å²) in [5.74, 6) is 0.580. The van der Waals surface area contributed by atoms with Gasteiger partial charge >= 0.3 is 0 Å². The number of allylic oxidation sites excluding steroid dienone is 2. The molecule has 1 saturated heterocycles. The van der Waals surface area contributed by atoms with E-state index in [-0.39, 0.29) is 5.92 Å². The maximum atomic E-state index is 4.18. The number of rotatable bonds is 4. The van der Waals surface area contributed by atoms with Gasteiger partial charge in [-0.05, 0) is 97.7 Å². The van der Waals surface area contributed by atoms with Gasteiger partial charge in [0.15, 0.2) is 0 Å². The predicted molar refractivity (Wildman–Crippen MR) is 153 cm³/mol. The zero-order valence-electron chi connectivity index (χ0n) is 22.9. The zero-order chi connectivity index (χ0) is 25.7. The van der Waals surface area contributed by atoms with E-state index in [1.165, 1.54) is 78.2 Å². The molecule has 188 valence electrons. The number of hydrogen-bond donors (Lipinski definition) is 4. The first-order valence-electron chi connectivity index (χ1n) is 13.5. The molecule has 0 radical (unpaired) electrons. The number of aromatic nitrogens is 3. The van der Waals surface area contributed by atoms with Gasteiger partial charge in [-0.3, -0.25) is 0 Å². The van der Waals surface area contributed by atoms with Gasteiger partial charge in [0.25, 0.3) is 0 Å². The van der Waals surface area contributed by atoms with Crippen molar-refractivity contribution in [1.82, 2.24) is 20.3 Å². The second-order valence-corrected chi connectivity index (χ2v) is 10.4. The topological polar surface area (TPSA) is 59.4 Å². The third-order valence-corrected chi connectivity index (χ3v) is 8.52. The van der Waals surface area contributed by atoms with Crippen LogP contribution in [0.1, 0.15) is 83.9 Å². The van der Waals surface area contributed by atoms with Gasteiger partial charge in [-0.1, -0.05) is 33.8 Å². The molecule has 0 saturated carbocycles. The molecule has 3 aromatic rings. The molecule has 5 heterocycles. The maximum Gasteiger partial charge on any atom is 0.0441 e. The molecule has 1 fully saturated rings. The Bertz CT molecular complexity index is 1530. The average Bonchev–Trinajstić information content (AvgIpc) is 3.51. The molecule has 4 nitrogen and oxygen atoms in total. The van der Waals surface area contributed by atoms with Gasteiger partial charge in [-0.2, -0.15) is 0 Å². The third-order valence-electron chi connectivity index (χ3n) is 8.52. The van der Waals surface area contributed by atoms with Gasteiger partial charge in [-0.15, -0.1) is 6.58 Å². The summed E-state index contributed by atoms with van der Waals surface area (Å²) in [6, 6.07) is 0. The summed E-state index contributed by atoms with van der Waals surface area (Å²) >= 11 is 0. The normalized spacial score (nSPS) is 18.8. The van der Waals surface area contributed by atoms with E-state index < -0.39 is 0 Å². The van der Waals surface area contributed by atoms with E-state index >= 15 is 0 Å². The zero-order valence-corrected chi connectivity index (χ0v) is 22.9. The average molecular weight is 481 g/mol. The van der Waals surface area contributed by atoms with Crippen LogP contribution in [0.25, 0.3) is 24.3 Å². The van der Waals surface area contributed by atoms with Crippen molar-refractivity contribution >= 4 is 24.3 Å². The van der Waals surface area contributed by atoms with Crippen LogP contribution in [0.5, 0.6) is 0 Å². The van der Waals surface area contributed by atoms with Crippen LogP contribution in [0.4, 0.5) is 0 Å². The lowest BCUT2D eigenvalue weighted by atomic mass is 9.92. The fourth-order valence-corrected chi connectivity index (χ4v) is 6.26. The summed E-state index contributed by atoms with van der Waals surface area (Å²) in [6.45, 7) is 19.9. The van der Waals surface area contributed by atoms with E-state index in [0.29, 0.717) is 5.92 Å². The Balaban J connectivity index is 1.88. The van der Waals surface area contributed by atoms with Crippen molar-refractivity contribution in [2.75, 3.05) is 0 Å².